The number of piperidine rings is 1. The van der Waals surface area contributed by atoms with Crippen molar-refractivity contribution >= 4 is 23.5 Å². The molecule has 0 radical (unpaired) electrons. The van der Waals surface area contributed by atoms with Gasteiger partial charge in [-0.3, -0.25) is 9.59 Å². The molecule has 3 atom stereocenters. The minimum atomic E-state index is -0.824. The number of hydrogen-bond acceptors (Lipinski definition) is 2. The largest absolute Gasteiger partial charge is 0.481 e. The molecule has 0 aliphatic carbocycles. The standard InChI is InChI=1S/C16H20ClNO3/c1-10-6-7-13(16(20)21)9-18(10)15(19)11(2)12-4-3-5-14(17)8-12/h3-5,8,10-11,13H,6-7,9H2,1-2H3,(H,20,21). The van der Waals surface area contributed by atoms with Crippen molar-refractivity contribution < 1.29 is 14.7 Å². The van der Waals surface area contributed by atoms with Gasteiger partial charge in [0.05, 0.1) is 11.8 Å². The van der Waals surface area contributed by atoms with E-state index in [4.69, 9.17) is 16.7 Å². The Morgan fingerprint density at radius 3 is 2.71 bits per heavy atom. The molecule has 1 amide bonds. The first-order valence-corrected chi connectivity index (χ1v) is 7.56. The van der Waals surface area contributed by atoms with Gasteiger partial charge in [0, 0.05) is 17.6 Å². The van der Waals surface area contributed by atoms with Gasteiger partial charge in [-0.25, -0.2) is 0 Å². The second kappa shape index (κ2) is 6.48. The molecular weight excluding hydrogens is 290 g/mol. The van der Waals surface area contributed by atoms with E-state index in [1.165, 1.54) is 0 Å². The molecule has 1 heterocycles. The third kappa shape index (κ3) is 3.56. The minimum Gasteiger partial charge on any atom is -0.481 e. The van der Waals surface area contributed by atoms with Crippen LogP contribution in [-0.2, 0) is 9.59 Å². The SMILES string of the molecule is CC(C(=O)N1CC(C(=O)O)CCC1C)c1cccc(Cl)c1. The van der Waals surface area contributed by atoms with Crippen molar-refractivity contribution in [2.45, 2.75) is 38.6 Å². The molecule has 0 aromatic heterocycles. The normalized spacial score (nSPS) is 23.7. The molecule has 3 unspecified atom stereocenters. The van der Waals surface area contributed by atoms with Gasteiger partial charge in [-0.2, -0.15) is 0 Å². The fraction of sp³-hybridized carbons (Fsp3) is 0.500. The molecule has 21 heavy (non-hydrogen) atoms. The van der Waals surface area contributed by atoms with Crippen LogP contribution < -0.4 is 0 Å². The van der Waals surface area contributed by atoms with Crippen LogP contribution >= 0.6 is 11.6 Å². The van der Waals surface area contributed by atoms with Crippen LogP contribution in [0.3, 0.4) is 0 Å². The summed E-state index contributed by atoms with van der Waals surface area (Å²) in [6.45, 7) is 4.10. The first kappa shape index (κ1) is 15.8. The molecule has 1 fully saturated rings. The number of likely N-dealkylation sites (tertiary alicyclic amines) is 1. The van der Waals surface area contributed by atoms with E-state index in [2.05, 4.69) is 0 Å². The van der Waals surface area contributed by atoms with Crippen LogP contribution in [0.5, 0.6) is 0 Å². The van der Waals surface area contributed by atoms with Gasteiger partial charge in [-0.15, -0.1) is 0 Å². The van der Waals surface area contributed by atoms with Gasteiger partial charge in [0.25, 0.3) is 0 Å². The van der Waals surface area contributed by atoms with Crippen LogP contribution in [0.1, 0.15) is 38.2 Å². The summed E-state index contributed by atoms with van der Waals surface area (Å²) in [6, 6.07) is 7.33. The van der Waals surface area contributed by atoms with Gasteiger partial charge in [-0.1, -0.05) is 23.7 Å². The molecule has 1 aliphatic rings. The van der Waals surface area contributed by atoms with Crippen molar-refractivity contribution in [1.29, 1.82) is 0 Å². The maximum Gasteiger partial charge on any atom is 0.308 e. The number of rotatable bonds is 3. The number of amides is 1. The number of carbonyl (C=O) groups excluding carboxylic acids is 1. The lowest BCUT2D eigenvalue weighted by Crippen LogP contribution is -2.48. The Hall–Kier alpha value is -1.55. The molecule has 114 valence electrons. The van der Waals surface area contributed by atoms with Crippen molar-refractivity contribution in [3.63, 3.8) is 0 Å². The lowest BCUT2D eigenvalue weighted by Gasteiger charge is -2.38. The van der Waals surface area contributed by atoms with Gasteiger partial charge in [-0.05, 0) is 44.4 Å². The average molecular weight is 310 g/mol. The second-order valence-corrected chi connectivity index (χ2v) is 6.17. The van der Waals surface area contributed by atoms with E-state index < -0.39 is 11.9 Å². The predicted molar refractivity (Wildman–Crippen MR) is 81.4 cm³/mol. The molecular formula is C16H20ClNO3. The van der Waals surface area contributed by atoms with Crippen LogP contribution in [0.2, 0.25) is 5.02 Å². The summed E-state index contributed by atoms with van der Waals surface area (Å²) in [5, 5.41) is 9.76. The smallest absolute Gasteiger partial charge is 0.308 e. The first-order chi connectivity index (χ1) is 9.90. The topological polar surface area (TPSA) is 57.6 Å². The van der Waals surface area contributed by atoms with Crippen molar-refractivity contribution in [3.05, 3.63) is 34.9 Å². The molecule has 0 spiro atoms. The maximum atomic E-state index is 12.7. The molecule has 2 rings (SSSR count). The lowest BCUT2D eigenvalue weighted by atomic mass is 9.91. The molecule has 1 aromatic carbocycles. The molecule has 1 saturated heterocycles. The molecule has 0 saturated carbocycles. The van der Waals surface area contributed by atoms with Crippen LogP contribution in [0, 0.1) is 5.92 Å². The molecule has 1 N–H and O–H groups in total. The number of nitrogens with zero attached hydrogens (tertiary/aromatic N) is 1. The zero-order valence-corrected chi connectivity index (χ0v) is 13.0. The summed E-state index contributed by atoms with van der Waals surface area (Å²) >= 11 is 5.97. The van der Waals surface area contributed by atoms with Crippen molar-refractivity contribution in [2.75, 3.05) is 6.54 Å². The number of halogens is 1. The molecule has 5 heteroatoms. The summed E-state index contributed by atoms with van der Waals surface area (Å²) in [6.07, 6.45) is 1.36. The van der Waals surface area contributed by atoms with E-state index >= 15 is 0 Å². The van der Waals surface area contributed by atoms with E-state index in [0.29, 0.717) is 18.0 Å². The highest BCUT2D eigenvalue weighted by Crippen LogP contribution is 2.27. The van der Waals surface area contributed by atoms with Crippen molar-refractivity contribution in [1.82, 2.24) is 4.90 Å². The van der Waals surface area contributed by atoms with Gasteiger partial charge in [0.15, 0.2) is 0 Å². The van der Waals surface area contributed by atoms with E-state index in [1.807, 2.05) is 26.0 Å². The van der Waals surface area contributed by atoms with Crippen LogP contribution in [0.25, 0.3) is 0 Å². The van der Waals surface area contributed by atoms with E-state index in [0.717, 1.165) is 12.0 Å². The Balaban J connectivity index is 2.15. The Morgan fingerprint density at radius 2 is 2.10 bits per heavy atom. The molecule has 4 nitrogen and oxygen atoms in total. The molecule has 1 aromatic rings. The summed E-state index contributed by atoms with van der Waals surface area (Å²) in [4.78, 5) is 25.5. The fourth-order valence-electron chi connectivity index (χ4n) is 2.78. The Bertz CT molecular complexity index is 546. The summed E-state index contributed by atoms with van der Waals surface area (Å²) in [7, 11) is 0. The molecule has 1 aliphatic heterocycles. The Morgan fingerprint density at radius 1 is 1.38 bits per heavy atom. The number of hydrogen-bond donors (Lipinski definition) is 1. The van der Waals surface area contributed by atoms with Crippen LogP contribution in [0.15, 0.2) is 24.3 Å². The number of aliphatic carboxylic acids is 1. The number of carboxylic acids is 1. The maximum absolute atomic E-state index is 12.7. The van der Waals surface area contributed by atoms with E-state index in [9.17, 15) is 9.59 Å². The lowest BCUT2D eigenvalue weighted by molar-refractivity contribution is -0.147. The predicted octanol–water partition coefficient (Wildman–Crippen LogP) is 3.16. The van der Waals surface area contributed by atoms with Crippen LogP contribution in [0.4, 0.5) is 0 Å². The summed E-state index contributed by atoms with van der Waals surface area (Å²) < 4.78 is 0. The van der Waals surface area contributed by atoms with Gasteiger partial charge in [0.2, 0.25) is 5.91 Å². The highest BCUT2D eigenvalue weighted by molar-refractivity contribution is 6.30. The Kier molecular flexibility index (Phi) is 4.88. The third-order valence-electron chi connectivity index (χ3n) is 4.23. The Labute approximate surface area is 129 Å². The highest BCUT2D eigenvalue weighted by atomic mass is 35.5. The quantitative estimate of drug-likeness (QED) is 0.933. The second-order valence-electron chi connectivity index (χ2n) is 5.73. The summed E-state index contributed by atoms with van der Waals surface area (Å²) in [5.41, 5.74) is 0.858. The van der Waals surface area contributed by atoms with Gasteiger partial charge < -0.3 is 10.0 Å². The van der Waals surface area contributed by atoms with Gasteiger partial charge in [0.1, 0.15) is 0 Å². The number of carbonyl (C=O) groups is 2. The minimum absolute atomic E-state index is 0.0317. The van der Waals surface area contributed by atoms with Crippen molar-refractivity contribution in [2.24, 2.45) is 5.92 Å². The molecule has 0 bridgehead atoms. The van der Waals surface area contributed by atoms with Gasteiger partial charge >= 0.3 is 5.97 Å². The van der Waals surface area contributed by atoms with E-state index in [1.54, 1.807) is 17.0 Å². The zero-order chi connectivity index (χ0) is 15.6. The number of benzene rings is 1. The average Bonchev–Trinajstić information content (AvgIpc) is 2.46. The number of carboxylic acid groups (broad SMARTS) is 1. The van der Waals surface area contributed by atoms with E-state index in [-0.39, 0.29) is 17.9 Å². The highest BCUT2D eigenvalue weighted by Gasteiger charge is 2.34. The van der Waals surface area contributed by atoms with Crippen molar-refractivity contribution in [3.8, 4) is 0 Å². The zero-order valence-electron chi connectivity index (χ0n) is 12.3. The monoisotopic (exact) mass is 309 g/mol. The first-order valence-electron chi connectivity index (χ1n) is 7.19. The fourth-order valence-corrected chi connectivity index (χ4v) is 2.98. The summed E-state index contributed by atoms with van der Waals surface area (Å²) in [5.74, 6) is -1.64. The third-order valence-corrected chi connectivity index (χ3v) is 4.47. The van der Waals surface area contributed by atoms with Crippen LogP contribution in [-0.4, -0.2) is 34.5 Å².